The number of amides is 4. The molecule has 4 fully saturated rings. The van der Waals surface area contributed by atoms with Gasteiger partial charge in [-0.3, -0.25) is 47.5 Å². The van der Waals surface area contributed by atoms with Crippen LogP contribution in [-0.4, -0.2) is 150 Å². The Labute approximate surface area is 786 Å². The summed E-state index contributed by atoms with van der Waals surface area (Å²) in [4.78, 5) is 66.0. The summed E-state index contributed by atoms with van der Waals surface area (Å²) in [6, 6.07) is 69.8. The highest BCUT2D eigenvalue weighted by Crippen LogP contribution is 2.54. The molecule has 14 heterocycles. The average Bonchev–Trinajstić information content (AvgIpc) is 1.47. The smallest absolute Gasteiger partial charge is 0.273 e. The fourth-order valence-electron chi connectivity index (χ4n) is 20.6. The van der Waals surface area contributed by atoms with E-state index in [1.165, 1.54) is 11.1 Å². The lowest BCUT2D eigenvalue weighted by molar-refractivity contribution is -0.00947. The van der Waals surface area contributed by atoms with Gasteiger partial charge in [0.05, 0.1) is 65.4 Å². The number of para-hydroxylation sites is 5. The van der Waals surface area contributed by atoms with Crippen LogP contribution in [0.15, 0.2) is 231 Å². The number of likely N-dealkylation sites (tertiary alicyclic amines) is 4. The van der Waals surface area contributed by atoms with Gasteiger partial charge in [0.1, 0.15) is 68.7 Å². The number of rotatable bonds is 8. The molecule has 4 saturated heterocycles. The van der Waals surface area contributed by atoms with E-state index in [4.69, 9.17) is 35.3 Å². The van der Waals surface area contributed by atoms with E-state index < -0.39 is 22.4 Å². The van der Waals surface area contributed by atoms with Gasteiger partial charge in [-0.05, 0) is 181 Å². The molecule has 8 aliphatic heterocycles. The van der Waals surface area contributed by atoms with E-state index in [-0.39, 0.29) is 40.6 Å². The van der Waals surface area contributed by atoms with E-state index in [9.17, 15) is 24.4 Å². The number of aryl methyl sites for hydroxylation is 5. The van der Waals surface area contributed by atoms with Crippen LogP contribution in [0.4, 0.5) is 0 Å². The van der Waals surface area contributed by atoms with Crippen LogP contribution in [0.5, 0.6) is 28.7 Å². The van der Waals surface area contributed by atoms with Crippen LogP contribution in [0.2, 0.25) is 5.02 Å². The molecular formula is C109H112ClN15O9. The van der Waals surface area contributed by atoms with Crippen molar-refractivity contribution in [2.24, 2.45) is 21.1 Å². The first-order valence-corrected chi connectivity index (χ1v) is 46.8. The fraction of sp³-hybridized carbons (Fsp3) is 0.339. The van der Waals surface area contributed by atoms with E-state index in [0.29, 0.717) is 112 Å². The van der Waals surface area contributed by atoms with E-state index in [1.807, 2.05) is 275 Å². The second-order valence-electron chi connectivity index (χ2n) is 38.9. The molecule has 134 heavy (non-hydrogen) atoms. The summed E-state index contributed by atoms with van der Waals surface area (Å²) < 4.78 is 41.9. The maximum Gasteiger partial charge on any atom is 0.273 e. The largest absolute Gasteiger partial charge is 0.491 e. The molecule has 6 aromatic heterocycles. The number of hydrogen-bond acceptors (Lipinski definition) is 15. The lowest BCUT2D eigenvalue weighted by atomic mass is 9.79. The highest BCUT2D eigenvalue weighted by atomic mass is 35.5. The molecule has 4 spiro atoms. The van der Waals surface area contributed by atoms with Crippen molar-refractivity contribution in [1.82, 2.24) is 68.3 Å². The summed E-state index contributed by atoms with van der Waals surface area (Å²) in [6.45, 7) is 26.5. The number of halogens is 1. The van der Waals surface area contributed by atoms with Crippen LogP contribution in [0, 0.1) is 25.2 Å². The van der Waals surface area contributed by atoms with Crippen molar-refractivity contribution in [2.75, 3.05) is 52.4 Å². The number of pyridine rings is 1. The minimum Gasteiger partial charge on any atom is -0.491 e. The third-order valence-electron chi connectivity index (χ3n) is 27.9. The Morgan fingerprint density at radius 1 is 0.478 bits per heavy atom. The highest BCUT2D eigenvalue weighted by molar-refractivity contribution is 6.30. The molecule has 0 unspecified atom stereocenters. The Balaban J connectivity index is 0.000000115. The van der Waals surface area contributed by atoms with Gasteiger partial charge in [0.25, 0.3) is 23.6 Å². The maximum absolute atomic E-state index is 13.7. The number of piperidine rings is 4. The molecule has 0 bridgehead atoms. The predicted octanol–water partition coefficient (Wildman–Crippen LogP) is 20.2. The first kappa shape index (κ1) is 89.2. The Kier molecular flexibility index (Phi) is 23.4. The van der Waals surface area contributed by atoms with Gasteiger partial charge < -0.3 is 43.3 Å². The Hall–Kier alpha value is -14.1. The summed E-state index contributed by atoms with van der Waals surface area (Å²) in [5.74, 6) is 4.35. The third kappa shape index (κ3) is 16.6. The summed E-state index contributed by atoms with van der Waals surface area (Å²) in [5.41, 5.74) is 18.2. The number of ether oxygens (including phenoxy) is 5. The van der Waals surface area contributed by atoms with Gasteiger partial charge >= 0.3 is 0 Å². The monoisotopic (exact) mass is 1810 g/mol. The summed E-state index contributed by atoms with van der Waals surface area (Å²) in [5, 5.41) is 30.5. The molecule has 24 nitrogen and oxygen atoms in total. The van der Waals surface area contributed by atoms with Crippen molar-refractivity contribution >= 4 is 46.0 Å². The van der Waals surface area contributed by atoms with Gasteiger partial charge in [-0.15, -0.1) is 0 Å². The van der Waals surface area contributed by atoms with Crippen molar-refractivity contribution in [3.8, 4) is 74.3 Å². The number of carbonyl (C=O) groups is 4. The van der Waals surface area contributed by atoms with E-state index in [0.717, 1.165) is 149 Å². The van der Waals surface area contributed by atoms with E-state index in [1.54, 1.807) is 10.9 Å². The summed E-state index contributed by atoms with van der Waals surface area (Å²) >= 11 is 6.03. The molecule has 0 aliphatic carbocycles. The van der Waals surface area contributed by atoms with Gasteiger partial charge in [-0.25, -0.2) is 0 Å². The van der Waals surface area contributed by atoms with Crippen LogP contribution < -0.4 is 23.7 Å². The number of aromatic nitrogens is 10. The first-order chi connectivity index (χ1) is 64.4. The molecule has 8 aromatic carbocycles. The van der Waals surface area contributed by atoms with Gasteiger partial charge in [0.15, 0.2) is 5.60 Å². The van der Waals surface area contributed by atoms with Crippen LogP contribution >= 0.6 is 11.6 Å². The van der Waals surface area contributed by atoms with Crippen LogP contribution in [0.1, 0.15) is 204 Å². The average molecular weight is 1810 g/mol. The van der Waals surface area contributed by atoms with Gasteiger partial charge in [0, 0.05) is 186 Å². The van der Waals surface area contributed by atoms with Crippen LogP contribution in [0.25, 0.3) is 50.2 Å². The lowest BCUT2D eigenvalue weighted by Crippen LogP contribution is -2.50. The minimum absolute atomic E-state index is 0.00275. The van der Waals surface area contributed by atoms with Gasteiger partial charge in [-0.1, -0.05) is 144 Å². The third-order valence-corrected chi connectivity index (χ3v) is 28.1. The van der Waals surface area contributed by atoms with Crippen molar-refractivity contribution in [3.05, 3.63) is 315 Å². The number of benzene rings is 8. The molecule has 684 valence electrons. The number of nitrogens with zero attached hydrogens (tertiary/aromatic N) is 15. The zero-order valence-corrected chi connectivity index (χ0v) is 79.1. The number of nitriles is 1. The number of carbonyl (C=O) groups excluding carboxylic acids is 4. The SMILES string of the molecule is Cc1cc(C(=O)N2CCC3(CC2)Oc2ccccc2-c2c3cnn2C)n(Cc2ccc(Cl)cc2)n1.Cc1cc(C(=O)N2CCC3(CC2)Oc2ccccc2-n2c(C#N)ccc23)ccc1OC(C)C.Cn1ncc2c1-c1ccccc1OC21CCN(C(=O)c2cc(C(C)(C)C)cc(C(C)(C)C)c2)CC1.Cn1ncc2c1-c1ccccc1OC21CCN(C(=O)c2nccc3ccccc23)CC1. The van der Waals surface area contributed by atoms with Crippen molar-refractivity contribution in [2.45, 2.75) is 166 Å². The molecule has 0 N–H and O–H groups in total. The maximum atomic E-state index is 13.7. The lowest BCUT2D eigenvalue weighted by Gasteiger charge is -2.45. The van der Waals surface area contributed by atoms with E-state index in [2.05, 4.69) is 109 Å². The highest BCUT2D eigenvalue weighted by Gasteiger charge is 2.51. The van der Waals surface area contributed by atoms with Gasteiger partial charge in [-0.2, -0.15) is 25.7 Å². The van der Waals surface area contributed by atoms with Gasteiger partial charge in [0.2, 0.25) is 0 Å². The topological polar surface area (TPSA) is 240 Å². The second-order valence-corrected chi connectivity index (χ2v) is 39.4. The first-order valence-electron chi connectivity index (χ1n) is 46.5. The number of hydrogen-bond donors (Lipinski definition) is 0. The standard InChI is InChI=1S/C30H37N3O2.C27H26ClN5O2.C27H27N3O3.C25H22N4O2/c1-28(2,3)21-16-20(17-22(18-21)29(4,5)6)27(34)33-14-12-30(13-15-33)24-19-31-32(7)26(24)23-10-8-9-11-25(23)35-30;1-18-15-23(33(30-18)17-19-7-9-20(28)10-8-19)26(34)32-13-11-27(12-14-32)22-16-29-31(2)25(22)21-5-3-4-6-24(21)35-27;1-18(2)32-23-10-8-20(16-19(23)3)26(31)29-14-12-27(13-15-29)25-11-9-21(17-28)30(25)22-6-4-5-7-24(22)33-27;1-28-23-19-8-4-5-9-21(19)31-25(20(23)16-27-28)11-14-29(15-12-25)24(30)22-18-7-3-2-6-17(18)10-13-26-22/h8-11,16-19H,12-15H2,1-7H3;3-10,15-16H,11-14,17H2,1-2H3;4-11,16,18H,12-15H2,1-3H3;2-10,13,16H,11-12,14-15H2,1H3. The fourth-order valence-corrected chi connectivity index (χ4v) is 20.7. The zero-order valence-electron chi connectivity index (χ0n) is 78.3. The van der Waals surface area contributed by atoms with Crippen molar-refractivity contribution < 1.29 is 42.9 Å². The second kappa shape index (κ2) is 35.2. The van der Waals surface area contributed by atoms with Crippen LogP contribution in [-0.2, 0) is 60.9 Å². The zero-order chi connectivity index (χ0) is 93.5. The summed E-state index contributed by atoms with van der Waals surface area (Å²) in [7, 11) is 5.93. The predicted molar refractivity (Wildman–Crippen MR) is 516 cm³/mol. The minimum atomic E-state index is -0.550. The Bertz CT molecular complexity index is 6880. The van der Waals surface area contributed by atoms with Crippen molar-refractivity contribution in [3.63, 3.8) is 0 Å². The molecule has 0 saturated carbocycles. The Morgan fingerprint density at radius 3 is 1.40 bits per heavy atom. The molecule has 14 aromatic rings. The number of fused-ring (bicyclic) bond motifs is 17. The molecular weight excluding hydrogens is 1700 g/mol. The van der Waals surface area contributed by atoms with Crippen molar-refractivity contribution in [1.29, 1.82) is 5.26 Å². The summed E-state index contributed by atoms with van der Waals surface area (Å²) in [6.07, 6.45) is 13.3. The van der Waals surface area contributed by atoms with Crippen LogP contribution in [0.3, 0.4) is 0 Å². The van der Waals surface area contributed by atoms with E-state index >= 15 is 0 Å². The Morgan fingerprint density at radius 2 is 0.918 bits per heavy atom. The molecule has 0 atom stereocenters. The quantitative estimate of drug-likeness (QED) is 0.137. The molecule has 4 amide bonds. The normalized spacial score (nSPS) is 16.4. The molecule has 25 heteroatoms. The molecule has 0 radical (unpaired) electrons. The molecule has 8 aliphatic rings. The molecule has 22 rings (SSSR count).